The van der Waals surface area contributed by atoms with Gasteiger partial charge in [-0.25, -0.2) is 14.2 Å². The molecule has 1 unspecified atom stereocenters. The van der Waals surface area contributed by atoms with Crippen LogP contribution in [0.2, 0.25) is 5.02 Å². The van der Waals surface area contributed by atoms with Crippen molar-refractivity contribution in [1.29, 1.82) is 0 Å². The zero-order valence-corrected chi connectivity index (χ0v) is 17.2. The lowest BCUT2D eigenvalue weighted by Crippen LogP contribution is -2.38. The van der Waals surface area contributed by atoms with E-state index in [1.54, 1.807) is 33.0 Å². The van der Waals surface area contributed by atoms with Gasteiger partial charge in [-0.1, -0.05) is 17.7 Å². The second kappa shape index (κ2) is 9.66. The quantitative estimate of drug-likeness (QED) is 0.428. The number of nitrogens with zero attached hydrogens (tertiary/aromatic N) is 2. The maximum Gasteiger partial charge on any atom is 0.350 e. The Labute approximate surface area is 166 Å². The van der Waals surface area contributed by atoms with Gasteiger partial charge in [0.05, 0.1) is 23.4 Å². The SMILES string of the molecule is CCOC(=O)c1sc(C(C)NC(=NC)NCc2ccc(F)c(Cl)c2)nc1C. The first-order valence-corrected chi connectivity index (χ1v) is 9.60. The number of ether oxygens (including phenoxy) is 1. The molecular formula is C18H22ClFN4O2S. The average Bonchev–Trinajstić information content (AvgIpc) is 3.03. The molecule has 0 aliphatic rings. The Morgan fingerprint density at radius 3 is 2.85 bits per heavy atom. The molecule has 1 atom stereocenters. The van der Waals surface area contributed by atoms with Gasteiger partial charge in [0, 0.05) is 13.6 Å². The Morgan fingerprint density at radius 2 is 2.22 bits per heavy atom. The van der Waals surface area contributed by atoms with Crippen molar-refractivity contribution in [3.63, 3.8) is 0 Å². The van der Waals surface area contributed by atoms with Gasteiger partial charge in [0.2, 0.25) is 0 Å². The van der Waals surface area contributed by atoms with Crippen molar-refractivity contribution in [1.82, 2.24) is 15.6 Å². The van der Waals surface area contributed by atoms with Gasteiger partial charge in [0.25, 0.3) is 0 Å². The molecule has 9 heteroatoms. The molecule has 146 valence electrons. The molecule has 0 saturated heterocycles. The highest BCUT2D eigenvalue weighted by molar-refractivity contribution is 7.13. The molecule has 6 nitrogen and oxygen atoms in total. The summed E-state index contributed by atoms with van der Waals surface area (Å²) >= 11 is 7.10. The average molecular weight is 413 g/mol. The molecule has 0 aliphatic carbocycles. The standard InChI is InChI=1S/C18H22ClFN4O2S/c1-5-26-17(25)15-10(2)23-16(27-15)11(3)24-18(21-4)22-9-12-6-7-14(20)13(19)8-12/h6-8,11H,5,9H2,1-4H3,(H2,21,22,24). The topological polar surface area (TPSA) is 75.6 Å². The summed E-state index contributed by atoms with van der Waals surface area (Å²) in [5.74, 6) is -0.261. The van der Waals surface area contributed by atoms with Crippen LogP contribution in [0, 0.1) is 12.7 Å². The lowest BCUT2D eigenvalue weighted by atomic mass is 10.2. The van der Waals surface area contributed by atoms with Crippen molar-refractivity contribution in [2.45, 2.75) is 33.4 Å². The summed E-state index contributed by atoms with van der Waals surface area (Å²) in [6.45, 7) is 6.23. The minimum atomic E-state index is -0.451. The second-order valence-corrected chi connectivity index (χ2v) is 7.17. The van der Waals surface area contributed by atoms with Crippen LogP contribution in [0.25, 0.3) is 0 Å². The number of halogens is 2. The number of rotatable bonds is 6. The summed E-state index contributed by atoms with van der Waals surface area (Å²) < 4.78 is 18.3. The van der Waals surface area contributed by atoms with Gasteiger partial charge in [-0.2, -0.15) is 0 Å². The fourth-order valence-electron chi connectivity index (χ4n) is 2.29. The first kappa shape index (κ1) is 21.1. The minimum Gasteiger partial charge on any atom is -0.462 e. The summed E-state index contributed by atoms with van der Waals surface area (Å²) in [4.78, 5) is 21.1. The molecule has 1 heterocycles. The Balaban J connectivity index is 2.00. The summed E-state index contributed by atoms with van der Waals surface area (Å²) in [5.41, 5.74) is 1.47. The fourth-order valence-corrected chi connectivity index (χ4v) is 3.45. The molecule has 0 fully saturated rings. The van der Waals surface area contributed by atoms with E-state index in [-0.39, 0.29) is 17.0 Å². The normalized spacial score (nSPS) is 12.6. The molecule has 0 aliphatic heterocycles. The van der Waals surface area contributed by atoms with Crippen LogP contribution in [0.3, 0.4) is 0 Å². The fraction of sp³-hybridized carbons (Fsp3) is 0.389. The van der Waals surface area contributed by atoms with Gasteiger partial charge in [0.15, 0.2) is 5.96 Å². The Kier molecular flexibility index (Phi) is 7.55. The lowest BCUT2D eigenvalue weighted by Gasteiger charge is -2.16. The van der Waals surface area contributed by atoms with E-state index in [4.69, 9.17) is 16.3 Å². The number of benzene rings is 1. The third-order valence-electron chi connectivity index (χ3n) is 3.67. The highest BCUT2D eigenvalue weighted by atomic mass is 35.5. The molecular weight excluding hydrogens is 391 g/mol. The second-order valence-electron chi connectivity index (χ2n) is 5.73. The van der Waals surface area contributed by atoms with Crippen molar-refractivity contribution in [2.75, 3.05) is 13.7 Å². The van der Waals surface area contributed by atoms with Gasteiger partial charge >= 0.3 is 5.97 Å². The van der Waals surface area contributed by atoms with Crippen molar-refractivity contribution < 1.29 is 13.9 Å². The summed E-state index contributed by atoms with van der Waals surface area (Å²) in [6.07, 6.45) is 0. The largest absolute Gasteiger partial charge is 0.462 e. The van der Waals surface area contributed by atoms with E-state index in [9.17, 15) is 9.18 Å². The monoisotopic (exact) mass is 412 g/mol. The van der Waals surface area contributed by atoms with Crippen LogP contribution in [0.1, 0.15) is 45.8 Å². The third kappa shape index (κ3) is 5.64. The number of carbonyl (C=O) groups is 1. The molecule has 2 rings (SSSR count). The van der Waals surface area contributed by atoms with Gasteiger partial charge in [-0.05, 0) is 38.5 Å². The van der Waals surface area contributed by atoms with Crippen LogP contribution in [0.15, 0.2) is 23.2 Å². The smallest absolute Gasteiger partial charge is 0.350 e. The molecule has 0 bridgehead atoms. The van der Waals surface area contributed by atoms with E-state index in [1.165, 1.54) is 17.4 Å². The van der Waals surface area contributed by atoms with E-state index in [2.05, 4.69) is 20.6 Å². The lowest BCUT2D eigenvalue weighted by molar-refractivity contribution is 0.0531. The number of aromatic nitrogens is 1. The van der Waals surface area contributed by atoms with Gasteiger partial charge < -0.3 is 15.4 Å². The van der Waals surface area contributed by atoms with E-state index < -0.39 is 5.82 Å². The summed E-state index contributed by atoms with van der Waals surface area (Å²) in [7, 11) is 1.65. The predicted octanol–water partition coefficient (Wildman–Crippen LogP) is 3.85. The number of esters is 1. The summed E-state index contributed by atoms with van der Waals surface area (Å²) in [5, 5.41) is 7.19. The van der Waals surface area contributed by atoms with Crippen LogP contribution >= 0.6 is 22.9 Å². The number of aryl methyl sites for hydroxylation is 1. The maximum absolute atomic E-state index is 13.2. The Bertz CT molecular complexity index is 841. The first-order chi connectivity index (χ1) is 12.8. The Hall–Kier alpha value is -2.19. The molecule has 2 N–H and O–H groups in total. The van der Waals surface area contributed by atoms with Crippen LogP contribution in [0.4, 0.5) is 4.39 Å². The van der Waals surface area contributed by atoms with Gasteiger partial charge in [-0.15, -0.1) is 11.3 Å². The third-order valence-corrected chi connectivity index (χ3v) is 5.28. The zero-order valence-electron chi connectivity index (χ0n) is 15.6. The van der Waals surface area contributed by atoms with Crippen molar-refractivity contribution >= 4 is 34.9 Å². The number of guanidine groups is 1. The molecule has 0 spiro atoms. The first-order valence-electron chi connectivity index (χ1n) is 8.41. The molecule has 0 saturated carbocycles. The molecule has 0 radical (unpaired) electrons. The minimum absolute atomic E-state index is 0.0790. The van der Waals surface area contributed by atoms with E-state index in [0.717, 1.165) is 10.6 Å². The number of hydrogen-bond donors (Lipinski definition) is 2. The van der Waals surface area contributed by atoms with Crippen LogP contribution < -0.4 is 10.6 Å². The zero-order chi connectivity index (χ0) is 20.0. The van der Waals surface area contributed by atoms with Crippen molar-refractivity contribution in [3.05, 3.63) is 50.2 Å². The Morgan fingerprint density at radius 1 is 1.48 bits per heavy atom. The predicted molar refractivity (Wildman–Crippen MR) is 106 cm³/mol. The molecule has 2 aromatic rings. The highest BCUT2D eigenvalue weighted by Gasteiger charge is 2.20. The van der Waals surface area contributed by atoms with E-state index >= 15 is 0 Å². The van der Waals surface area contributed by atoms with Gasteiger partial charge in [-0.3, -0.25) is 4.99 Å². The molecule has 1 aromatic carbocycles. The van der Waals surface area contributed by atoms with E-state index in [1.807, 2.05) is 6.92 Å². The molecule has 0 amide bonds. The van der Waals surface area contributed by atoms with Gasteiger partial charge in [0.1, 0.15) is 15.7 Å². The number of nitrogens with one attached hydrogen (secondary N) is 2. The maximum atomic E-state index is 13.2. The molecule has 27 heavy (non-hydrogen) atoms. The van der Waals surface area contributed by atoms with Crippen LogP contribution in [-0.4, -0.2) is 30.6 Å². The van der Waals surface area contributed by atoms with E-state index in [0.29, 0.717) is 29.7 Å². The number of thiazole rings is 1. The van der Waals surface area contributed by atoms with Crippen molar-refractivity contribution in [2.24, 2.45) is 4.99 Å². The van der Waals surface area contributed by atoms with Crippen LogP contribution in [0.5, 0.6) is 0 Å². The van der Waals surface area contributed by atoms with Crippen LogP contribution in [-0.2, 0) is 11.3 Å². The number of aliphatic imine (C=N–C) groups is 1. The highest BCUT2D eigenvalue weighted by Crippen LogP contribution is 2.24. The van der Waals surface area contributed by atoms with Crippen molar-refractivity contribution in [3.8, 4) is 0 Å². The summed E-state index contributed by atoms with van der Waals surface area (Å²) in [6, 6.07) is 4.38. The number of carbonyl (C=O) groups excluding carboxylic acids is 1. The number of hydrogen-bond acceptors (Lipinski definition) is 5. The molecule has 1 aromatic heterocycles.